The summed E-state index contributed by atoms with van der Waals surface area (Å²) in [4.78, 5) is 26.7. The van der Waals surface area contributed by atoms with Gasteiger partial charge in [-0.15, -0.1) is 0 Å². The summed E-state index contributed by atoms with van der Waals surface area (Å²) >= 11 is 0. The fourth-order valence-corrected chi connectivity index (χ4v) is 3.90. The van der Waals surface area contributed by atoms with Crippen molar-refractivity contribution in [2.75, 3.05) is 20.1 Å². The van der Waals surface area contributed by atoms with Gasteiger partial charge in [-0.1, -0.05) is 12.1 Å². The van der Waals surface area contributed by atoms with Gasteiger partial charge in [0.15, 0.2) is 5.76 Å². The zero-order valence-electron chi connectivity index (χ0n) is 17.0. The van der Waals surface area contributed by atoms with E-state index in [2.05, 4.69) is 10.0 Å². The third-order valence-electron chi connectivity index (χ3n) is 4.70. The van der Waals surface area contributed by atoms with Gasteiger partial charge in [-0.2, -0.15) is 0 Å². The van der Waals surface area contributed by atoms with Gasteiger partial charge >= 0.3 is 0 Å². The molecule has 10 heteroatoms. The van der Waals surface area contributed by atoms with Gasteiger partial charge in [0.05, 0.1) is 12.2 Å². The third kappa shape index (κ3) is 5.07. The molecule has 1 aromatic heterocycles. The zero-order valence-corrected chi connectivity index (χ0v) is 17.9. The lowest BCUT2D eigenvalue weighted by Crippen LogP contribution is -2.48. The van der Waals surface area contributed by atoms with Crippen LogP contribution in [-0.4, -0.2) is 57.5 Å². The van der Waals surface area contributed by atoms with E-state index in [1.807, 2.05) is 13.8 Å². The molecule has 2 aromatic rings. The Morgan fingerprint density at radius 3 is 2.30 bits per heavy atom. The minimum Gasteiger partial charge on any atom is -0.438 e. The fraction of sp³-hybridized carbons (Fsp3) is 0.400. The Balaban J connectivity index is 1.58. The van der Waals surface area contributed by atoms with Crippen LogP contribution in [0.1, 0.15) is 40.3 Å². The van der Waals surface area contributed by atoms with Gasteiger partial charge in [0.25, 0.3) is 21.8 Å². The van der Waals surface area contributed by atoms with Gasteiger partial charge in [0, 0.05) is 25.2 Å². The quantitative estimate of drug-likeness (QED) is 0.708. The first kappa shape index (κ1) is 22.0. The lowest BCUT2D eigenvalue weighted by molar-refractivity contribution is -0.0586. The molecule has 9 nitrogen and oxygen atoms in total. The van der Waals surface area contributed by atoms with Gasteiger partial charge < -0.3 is 19.4 Å². The number of ether oxygens (including phenoxy) is 1. The average Bonchev–Trinajstić information content (AvgIpc) is 3.22. The number of benzene rings is 1. The molecule has 2 N–H and O–H groups in total. The number of sulfonamides is 1. The van der Waals surface area contributed by atoms with Crippen LogP contribution >= 0.6 is 0 Å². The van der Waals surface area contributed by atoms with Crippen molar-refractivity contribution >= 4 is 21.8 Å². The van der Waals surface area contributed by atoms with Crippen molar-refractivity contribution in [2.24, 2.45) is 0 Å². The second-order valence-electron chi connectivity index (χ2n) is 7.17. The highest BCUT2D eigenvalue weighted by molar-refractivity contribution is 7.89. The monoisotopic (exact) mass is 435 g/mol. The van der Waals surface area contributed by atoms with Gasteiger partial charge in [-0.3, -0.25) is 9.59 Å². The van der Waals surface area contributed by atoms with Crippen LogP contribution in [0.5, 0.6) is 0 Å². The Kier molecular flexibility index (Phi) is 6.59. The summed E-state index contributed by atoms with van der Waals surface area (Å²) in [6.07, 6.45) is -0.00482. The van der Waals surface area contributed by atoms with E-state index < -0.39 is 15.9 Å². The Labute approximate surface area is 175 Å². The lowest BCUT2D eigenvalue weighted by Gasteiger charge is -2.35. The van der Waals surface area contributed by atoms with Crippen LogP contribution in [0.2, 0.25) is 0 Å². The van der Waals surface area contributed by atoms with E-state index in [1.54, 1.807) is 29.2 Å². The molecule has 2 unspecified atom stereocenters. The highest BCUT2D eigenvalue weighted by atomic mass is 32.2. The van der Waals surface area contributed by atoms with Gasteiger partial charge in [0.2, 0.25) is 5.09 Å². The highest BCUT2D eigenvalue weighted by Crippen LogP contribution is 2.16. The molecule has 1 aliphatic rings. The molecule has 2 amide bonds. The molecule has 3 rings (SSSR count). The molecule has 1 aliphatic heterocycles. The maximum absolute atomic E-state index is 12.7. The molecule has 0 radical (unpaired) electrons. The van der Waals surface area contributed by atoms with Crippen molar-refractivity contribution in [3.8, 4) is 0 Å². The van der Waals surface area contributed by atoms with Crippen LogP contribution < -0.4 is 10.0 Å². The van der Waals surface area contributed by atoms with E-state index in [9.17, 15) is 18.0 Å². The molecule has 1 saturated heterocycles. The van der Waals surface area contributed by atoms with Crippen LogP contribution in [0.4, 0.5) is 0 Å². The summed E-state index contributed by atoms with van der Waals surface area (Å²) in [5, 5.41) is 2.33. The van der Waals surface area contributed by atoms with E-state index >= 15 is 0 Å². The SMILES string of the molecule is CNS(=O)(=O)c1ccc(C(=O)NCc2ccc(C(=O)N3CC(C)OC(C)C3)cc2)o1. The summed E-state index contributed by atoms with van der Waals surface area (Å²) < 4.78 is 36.2. The van der Waals surface area contributed by atoms with Gasteiger partial charge in [0.1, 0.15) is 0 Å². The molecule has 1 fully saturated rings. The van der Waals surface area contributed by atoms with Crippen LogP contribution in [-0.2, 0) is 21.3 Å². The van der Waals surface area contributed by atoms with E-state index in [0.717, 1.165) is 5.56 Å². The maximum Gasteiger partial charge on any atom is 0.287 e. The summed E-state index contributed by atoms with van der Waals surface area (Å²) in [6, 6.07) is 9.48. The highest BCUT2D eigenvalue weighted by Gasteiger charge is 2.26. The van der Waals surface area contributed by atoms with Crippen LogP contribution in [0, 0.1) is 0 Å². The Bertz CT molecular complexity index is 1010. The van der Waals surface area contributed by atoms with Crippen molar-refractivity contribution in [3.63, 3.8) is 0 Å². The fourth-order valence-electron chi connectivity index (χ4n) is 3.25. The topological polar surface area (TPSA) is 118 Å². The second kappa shape index (κ2) is 8.99. The summed E-state index contributed by atoms with van der Waals surface area (Å²) in [6.45, 7) is 5.19. The molecular weight excluding hydrogens is 410 g/mol. The van der Waals surface area contributed by atoms with E-state index in [-0.39, 0.29) is 35.5 Å². The summed E-state index contributed by atoms with van der Waals surface area (Å²) in [5.41, 5.74) is 1.36. The van der Waals surface area contributed by atoms with Crippen molar-refractivity contribution in [2.45, 2.75) is 37.7 Å². The van der Waals surface area contributed by atoms with E-state index in [1.165, 1.54) is 19.2 Å². The largest absolute Gasteiger partial charge is 0.438 e. The normalized spacial score (nSPS) is 19.5. The first-order valence-electron chi connectivity index (χ1n) is 9.55. The minimum absolute atomic E-state index is 0.00241. The van der Waals surface area contributed by atoms with Crippen LogP contribution in [0.3, 0.4) is 0 Å². The predicted octanol–water partition coefficient (Wildman–Crippen LogP) is 1.37. The zero-order chi connectivity index (χ0) is 21.9. The van der Waals surface area contributed by atoms with Crippen molar-refractivity contribution in [1.82, 2.24) is 14.9 Å². The first-order chi connectivity index (χ1) is 14.2. The number of hydrogen-bond acceptors (Lipinski definition) is 6. The van der Waals surface area contributed by atoms with Gasteiger partial charge in [-0.05, 0) is 50.7 Å². The number of hydrogen-bond donors (Lipinski definition) is 2. The molecule has 162 valence electrons. The number of furan rings is 1. The minimum atomic E-state index is -3.75. The number of morpholine rings is 1. The number of carbonyl (C=O) groups excluding carboxylic acids is 2. The molecule has 30 heavy (non-hydrogen) atoms. The Morgan fingerprint density at radius 2 is 1.70 bits per heavy atom. The third-order valence-corrected chi connectivity index (χ3v) is 5.99. The first-order valence-corrected chi connectivity index (χ1v) is 11.0. The molecule has 2 heterocycles. The molecule has 0 saturated carbocycles. The summed E-state index contributed by atoms with van der Waals surface area (Å²) in [7, 11) is -2.49. The molecule has 1 aromatic carbocycles. The predicted molar refractivity (Wildman–Crippen MR) is 108 cm³/mol. The molecule has 0 aliphatic carbocycles. The Morgan fingerprint density at radius 1 is 1.07 bits per heavy atom. The second-order valence-corrected chi connectivity index (χ2v) is 8.99. The smallest absolute Gasteiger partial charge is 0.287 e. The summed E-state index contributed by atoms with van der Waals surface area (Å²) in [5.74, 6) is -0.698. The number of nitrogens with zero attached hydrogens (tertiary/aromatic N) is 1. The van der Waals surface area contributed by atoms with Crippen molar-refractivity contribution in [3.05, 3.63) is 53.3 Å². The Hall–Kier alpha value is -2.69. The van der Waals surface area contributed by atoms with E-state index in [4.69, 9.17) is 9.15 Å². The molecular formula is C20H25N3O6S. The number of amides is 2. The van der Waals surface area contributed by atoms with Crippen LogP contribution in [0.25, 0.3) is 0 Å². The van der Waals surface area contributed by atoms with Crippen molar-refractivity contribution < 1.29 is 27.2 Å². The number of carbonyl (C=O) groups is 2. The standard InChI is InChI=1S/C20H25N3O6S/c1-13-11-23(12-14(2)28-13)20(25)16-6-4-15(5-7-16)10-22-19(24)17-8-9-18(29-17)30(26,27)21-3/h4-9,13-14,21H,10-12H2,1-3H3,(H,22,24). The van der Waals surface area contributed by atoms with Crippen LogP contribution in [0.15, 0.2) is 45.9 Å². The molecule has 2 atom stereocenters. The molecule has 0 spiro atoms. The average molecular weight is 436 g/mol. The van der Waals surface area contributed by atoms with E-state index in [0.29, 0.717) is 18.7 Å². The number of nitrogens with one attached hydrogen (secondary N) is 2. The lowest BCUT2D eigenvalue weighted by atomic mass is 10.1. The maximum atomic E-state index is 12.7. The van der Waals surface area contributed by atoms with Crippen molar-refractivity contribution in [1.29, 1.82) is 0 Å². The molecule has 0 bridgehead atoms. The number of rotatable bonds is 6. The van der Waals surface area contributed by atoms with Gasteiger partial charge in [-0.25, -0.2) is 13.1 Å².